The Morgan fingerprint density at radius 3 is 2.70 bits per heavy atom. The molecule has 0 aliphatic carbocycles. The Balaban J connectivity index is 2.25. The number of hydrogen-bond donors (Lipinski definition) is 1. The quantitative estimate of drug-likeness (QED) is 0.440. The summed E-state index contributed by atoms with van der Waals surface area (Å²) < 4.78 is 6.41. The number of aryl methyl sites for hydroxylation is 1. The number of esters is 1. The second-order valence-corrected chi connectivity index (χ2v) is 4.52. The number of aromatic nitrogens is 2. The summed E-state index contributed by atoms with van der Waals surface area (Å²) in [5, 5.41) is 0. The fourth-order valence-corrected chi connectivity index (χ4v) is 1.87. The Labute approximate surface area is 117 Å². The van der Waals surface area contributed by atoms with E-state index >= 15 is 0 Å². The molecule has 0 spiro atoms. The monoisotopic (exact) mass is 280 g/mol. The highest BCUT2D eigenvalue weighted by molar-refractivity contribution is 5.81. The molecule has 0 aliphatic rings. The third-order valence-electron chi connectivity index (χ3n) is 2.93. The molecular weight excluding hydrogens is 260 g/mol. The van der Waals surface area contributed by atoms with E-state index in [1.807, 2.05) is 0 Å². The lowest BCUT2D eigenvalue weighted by Crippen LogP contribution is -2.31. The number of nitrogens with one attached hydrogen (secondary N) is 1. The Bertz CT molecular complexity index is 571. The number of aromatic amines is 1. The van der Waals surface area contributed by atoms with Gasteiger partial charge in [0.15, 0.2) is 0 Å². The minimum absolute atomic E-state index is 0.366. The maximum atomic E-state index is 11.6. The van der Waals surface area contributed by atoms with Gasteiger partial charge in [-0.2, -0.15) is 0 Å². The molecule has 0 amide bonds. The minimum Gasteiger partial charge on any atom is -0.463 e. The molecule has 6 nitrogen and oxygen atoms in total. The molecule has 0 atom stereocenters. The van der Waals surface area contributed by atoms with Crippen molar-refractivity contribution in [1.29, 1.82) is 0 Å². The summed E-state index contributed by atoms with van der Waals surface area (Å²) in [6.45, 7) is 6.02. The van der Waals surface area contributed by atoms with E-state index in [2.05, 4.69) is 11.6 Å². The van der Waals surface area contributed by atoms with Crippen LogP contribution in [-0.2, 0) is 16.1 Å². The lowest BCUT2D eigenvalue weighted by molar-refractivity contribution is -0.137. The van der Waals surface area contributed by atoms with Crippen molar-refractivity contribution in [2.24, 2.45) is 0 Å². The Morgan fingerprint density at radius 1 is 1.35 bits per heavy atom. The Hall–Kier alpha value is -2.11. The SMILES string of the molecule is C=CC(=O)OCCCCCCn1c(C)cc(=O)[nH]c1=O. The van der Waals surface area contributed by atoms with Crippen LogP contribution in [0.25, 0.3) is 0 Å². The summed E-state index contributed by atoms with van der Waals surface area (Å²) >= 11 is 0. The van der Waals surface area contributed by atoms with Crippen LogP contribution >= 0.6 is 0 Å². The lowest BCUT2D eigenvalue weighted by atomic mass is 10.2. The van der Waals surface area contributed by atoms with Gasteiger partial charge in [0, 0.05) is 24.4 Å². The number of hydrogen-bond acceptors (Lipinski definition) is 4. The van der Waals surface area contributed by atoms with Gasteiger partial charge in [-0.05, 0) is 26.2 Å². The smallest absolute Gasteiger partial charge is 0.330 e. The number of ether oxygens (including phenoxy) is 1. The topological polar surface area (TPSA) is 81.2 Å². The molecule has 0 fully saturated rings. The zero-order valence-corrected chi connectivity index (χ0v) is 11.7. The number of rotatable bonds is 8. The molecule has 1 aromatic heterocycles. The predicted molar refractivity (Wildman–Crippen MR) is 75.7 cm³/mol. The third kappa shape index (κ3) is 5.26. The summed E-state index contributed by atoms with van der Waals surface area (Å²) in [5.74, 6) is -0.402. The molecule has 0 radical (unpaired) electrons. The summed E-state index contributed by atoms with van der Waals surface area (Å²) in [7, 11) is 0. The van der Waals surface area contributed by atoms with Crippen LogP contribution in [0.3, 0.4) is 0 Å². The van der Waals surface area contributed by atoms with Crippen molar-refractivity contribution in [2.45, 2.75) is 39.2 Å². The van der Waals surface area contributed by atoms with Gasteiger partial charge >= 0.3 is 11.7 Å². The number of unbranched alkanes of at least 4 members (excludes halogenated alkanes) is 3. The minimum atomic E-state index is -0.402. The third-order valence-corrected chi connectivity index (χ3v) is 2.93. The first-order valence-corrected chi connectivity index (χ1v) is 6.64. The molecule has 1 aromatic rings. The number of carbonyl (C=O) groups excluding carboxylic acids is 1. The van der Waals surface area contributed by atoms with Crippen molar-refractivity contribution < 1.29 is 9.53 Å². The first-order valence-electron chi connectivity index (χ1n) is 6.64. The van der Waals surface area contributed by atoms with Crippen LogP contribution in [0.15, 0.2) is 28.3 Å². The standard InChI is InChI=1S/C14H20N2O4/c1-3-13(18)20-9-7-5-4-6-8-16-11(2)10-12(17)15-14(16)19/h3,10H,1,4-9H2,2H3,(H,15,17,19). The first kappa shape index (κ1) is 15.9. The highest BCUT2D eigenvalue weighted by Gasteiger charge is 2.01. The van der Waals surface area contributed by atoms with Crippen LogP contribution < -0.4 is 11.2 Å². The highest BCUT2D eigenvalue weighted by atomic mass is 16.5. The second kappa shape index (κ2) is 8.14. The van der Waals surface area contributed by atoms with Crippen LogP contribution in [0.2, 0.25) is 0 Å². The molecule has 1 heterocycles. The van der Waals surface area contributed by atoms with Crippen LogP contribution in [0, 0.1) is 6.92 Å². The molecule has 110 valence electrons. The van der Waals surface area contributed by atoms with Gasteiger partial charge in [0.05, 0.1) is 6.61 Å². The van der Waals surface area contributed by atoms with Crippen molar-refractivity contribution >= 4 is 5.97 Å². The van der Waals surface area contributed by atoms with Crippen molar-refractivity contribution in [1.82, 2.24) is 9.55 Å². The Kier molecular flexibility index (Phi) is 6.49. The van der Waals surface area contributed by atoms with Crippen molar-refractivity contribution in [2.75, 3.05) is 6.61 Å². The van der Waals surface area contributed by atoms with E-state index in [-0.39, 0.29) is 11.2 Å². The molecule has 0 unspecified atom stereocenters. The summed E-state index contributed by atoms with van der Waals surface area (Å²) in [5.41, 5.74) is -0.0682. The van der Waals surface area contributed by atoms with Crippen LogP contribution in [0.1, 0.15) is 31.4 Å². The van der Waals surface area contributed by atoms with E-state index < -0.39 is 5.97 Å². The van der Waals surface area contributed by atoms with E-state index in [1.54, 1.807) is 11.5 Å². The van der Waals surface area contributed by atoms with E-state index in [4.69, 9.17) is 4.74 Å². The molecule has 0 aromatic carbocycles. The molecule has 0 bridgehead atoms. The predicted octanol–water partition coefficient (Wildman–Crippen LogP) is 1.13. The maximum Gasteiger partial charge on any atom is 0.330 e. The van der Waals surface area contributed by atoms with Crippen molar-refractivity contribution in [3.8, 4) is 0 Å². The van der Waals surface area contributed by atoms with Gasteiger partial charge in [0.25, 0.3) is 5.56 Å². The first-order chi connectivity index (χ1) is 9.54. The average Bonchev–Trinajstić information content (AvgIpc) is 2.39. The van der Waals surface area contributed by atoms with Crippen LogP contribution in [0.5, 0.6) is 0 Å². The fourth-order valence-electron chi connectivity index (χ4n) is 1.87. The van der Waals surface area contributed by atoms with E-state index in [0.29, 0.717) is 18.8 Å². The lowest BCUT2D eigenvalue weighted by Gasteiger charge is -2.08. The van der Waals surface area contributed by atoms with Gasteiger partial charge in [-0.15, -0.1) is 0 Å². The normalized spacial score (nSPS) is 10.2. The van der Waals surface area contributed by atoms with Gasteiger partial charge in [-0.3, -0.25) is 14.3 Å². The summed E-state index contributed by atoms with van der Waals surface area (Å²) in [4.78, 5) is 35.7. The molecule has 6 heteroatoms. The fraction of sp³-hybridized carbons (Fsp3) is 0.500. The summed E-state index contributed by atoms with van der Waals surface area (Å²) in [6.07, 6.45) is 4.62. The van der Waals surface area contributed by atoms with Crippen molar-refractivity contribution in [3.63, 3.8) is 0 Å². The van der Waals surface area contributed by atoms with E-state index in [0.717, 1.165) is 31.8 Å². The molecule has 0 saturated heterocycles. The van der Waals surface area contributed by atoms with Crippen molar-refractivity contribution in [3.05, 3.63) is 45.3 Å². The molecular formula is C14H20N2O4. The van der Waals surface area contributed by atoms with Gasteiger partial charge in [-0.25, -0.2) is 9.59 Å². The summed E-state index contributed by atoms with van der Waals surface area (Å²) in [6, 6.07) is 1.41. The molecule has 0 aliphatic heterocycles. The molecule has 1 N–H and O–H groups in total. The van der Waals surface area contributed by atoms with Gasteiger partial charge in [-0.1, -0.05) is 13.0 Å². The van der Waals surface area contributed by atoms with Crippen LogP contribution in [-0.4, -0.2) is 22.1 Å². The van der Waals surface area contributed by atoms with E-state index in [1.165, 1.54) is 6.07 Å². The molecule has 20 heavy (non-hydrogen) atoms. The largest absolute Gasteiger partial charge is 0.463 e. The molecule has 1 rings (SSSR count). The number of carbonyl (C=O) groups is 1. The average molecular weight is 280 g/mol. The molecule has 0 saturated carbocycles. The number of nitrogens with zero attached hydrogens (tertiary/aromatic N) is 1. The van der Waals surface area contributed by atoms with Gasteiger partial charge in [0.1, 0.15) is 0 Å². The Morgan fingerprint density at radius 2 is 2.05 bits per heavy atom. The maximum absolute atomic E-state index is 11.6. The second-order valence-electron chi connectivity index (χ2n) is 4.52. The van der Waals surface area contributed by atoms with Gasteiger partial charge < -0.3 is 4.74 Å². The van der Waals surface area contributed by atoms with Gasteiger partial charge in [0.2, 0.25) is 0 Å². The van der Waals surface area contributed by atoms with E-state index in [9.17, 15) is 14.4 Å². The van der Waals surface area contributed by atoms with Crippen LogP contribution in [0.4, 0.5) is 0 Å². The number of H-pyrrole nitrogens is 1. The zero-order chi connectivity index (χ0) is 15.0. The zero-order valence-electron chi connectivity index (χ0n) is 11.7. The highest BCUT2D eigenvalue weighted by Crippen LogP contribution is 2.03.